The Kier molecular flexibility index (Phi) is 4.76. The minimum atomic E-state index is -1.63. The molecule has 146 valence electrons. The molecular formula is C20H24O7. The van der Waals surface area contributed by atoms with Gasteiger partial charge in [-0.15, -0.1) is 0 Å². The molecule has 0 spiro atoms. The Balaban J connectivity index is 2.07. The molecule has 2 bridgehead atoms. The largest absolute Gasteiger partial charge is 0.476 e. The fourth-order valence-electron chi connectivity index (χ4n) is 3.61. The van der Waals surface area contributed by atoms with Crippen LogP contribution in [0.3, 0.4) is 0 Å². The van der Waals surface area contributed by atoms with E-state index in [9.17, 15) is 19.5 Å². The molecule has 3 aliphatic heterocycles. The number of carbonyl (C=O) groups excluding carboxylic acids is 3. The number of aliphatic hydroxyl groups excluding tert-OH is 1. The number of aliphatic hydroxyl groups is 1. The number of esters is 2. The van der Waals surface area contributed by atoms with Crippen molar-refractivity contribution in [1.29, 1.82) is 0 Å². The molecule has 27 heavy (non-hydrogen) atoms. The average molecular weight is 376 g/mol. The molecule has 1 saturated heterocycles. The van der Waals surface area contributed by atoms with Crippen LogP contribution in [0.4, 0.5) is 0 Å². The molecule has 0 aromatic rings. The summed E-state index contributed by atoms with van der Waals surface area (Å²) in [6, 6.07) is 0. The molecule has 0 aromatic carbocycles. The smallest absolute Gasteiger partial charge is 0.334 e. The lowest BCUT2D eigenvalue weighted by atomic mass is 9.80. The molecule has 7 nitrogen and oxygen atoms in total. The number of fused-ring (bicyclic) bond motifs is 3. The first kappa shape index (κ1) is 19.4. The number of ether oxygens (including phenoxy) is 3. The second kappa shape index (κ2) is 6.64. The molecule has 0 aliphatic carbocycles. The van der Waals surface area contributed by atoms with Gasteiger partial charge in [0.05, 0.1) is 5.92 Å². The van der Waals surface area contributed by atoms with Gasteiger partial charge in [0.1, 0.15) is 24.1 Å². The van der Waals surface area contributed by atoms with Gasteiger partial charge in [0.2, 0.25) is 5.78 Å². The number of rotatable bonds is 3. The molecule has 0 unspecified atom stereocenters. The number of ketones is 1. The van der Waals surface area contributed by atoms with Crippen molar-refractivity contribution in [1.82, 2.24) is 0 Å². The Morgan fingerprint density at radius 2 is 2.07 bits per heavy atom. The van der Waals surface area contributed by atoms with Gasteiger partial charge in [0, 0.05) is 18.1 Å². The van der Waals surface area contributed by atoms with E-state index < -0.39 is 47.6 Å². The van der Waals surface area contributed by atoms with Crippen LogP contribution in [0.1, 0.15) is 34.1 Å². The SMILES string of the molecule is C=C1C(=O)O[C@H]2/C=C(/C)C3=CC(=O)[C@](C)(O3)[C@H](O)[C@@H](OC(=O)CC(C)C)[C@@H]12. The minimum Gasteiger partial charge on any atom is -0.476 e. The number of allylic oxidation sites excluding steroid dienone is 1. The average Bonchev–Trinajstić information content (AvgIpc) is 3.02. The van der Waals surface area contributed by atoms with E-state index in [1.165, 1.54) is 13.0 Å². The van der Waals surface area contributed by atoms with E-state index in [4.69, 9.17) is 14.2 Å². The lowest BCUT2D eigenvalue weighted by molar-refractivity contribution is -0.179. The van der Waals surface area contributed by atoms with Crippen LogP contribution < -0.4 is 0 Å². The second-order valence-electron chi connectivity index (χ2n) is 7.85. The van der Waals surface area contributed by atoms with Crippen LogP contribution in [0.25, 0.3) is 0 Å². The van der Waals surface area contributed by atoms with Crippen molar-refractivity contribution in [3.63, 3.8) is 0 Å². The summed E-state index contributed by atoms with van der Waals surface area (Å²) in [5, 5.41) is 11.0. The van der Waals surface area contributed by atoms with Crippen LogP contribution in [0.2, 0.25) is 0 Å². The van der Waals surface area contributed by atoms with E-state index in [2.05, 4.69) is 6.58 Å². The summed E-state index contributed by atoms with van der Waals surface area (Å²) in [6.45, 7) is 10.6. The number of hydrogen-bond donors (Lipinski definition) is 1. The maximum atomic E-state index is 12.5. The predicted octanol–water partition coefficient (Wildman–Crippen LogP) is 1.60. The van der Waals surface area contributed by atoms with E-state index >= 15 is 0 Å². The molecule has 3 heterocycles. The molecule has 0 amide bonds. The van der Waals surface area contributed by atoms with E-state index in [-0.39, 0.29) is 17.9 Å². The van der Waals surface area contributed by atoms with Crippen molar-refractivity contribution in [3.8, 4) is 0 Å². The summed E-state index contributed by atoms with van der Waals surface area (Å²) in [7, 11) is 0. The zero-order valence-electron chi connectivity index (χ0n) is 15.9. The third kappa shape index (κ3) is 3.20. The predicted molar refractivity (Wildman–Crippen MR) is 94.2 cm³/mol. The van der Waals surface area contributed by atoms with Crippen molar-refractivity contribution in [2.45, 2.75) is 58.0 Å². The highest BCUT2D eigenvalue weighted by atomic mass is 16.6. The van der Waals surface area contributed by atoms with Crippen LogP contribution >= 0.6 is 0 Å². The fraction of sp³-hybridized carbons (Fsp3) is 0.550. The van der Waals surface area contributed by atoms with Gasteiger partial charge in [-0.3, -0.25) is 9.59 Å². The Labute approximate surface area is 157 Å². The zero-order valence-corrected chi connectivity index (χ0v) is 15.9. The lowest BCUT2D eigenvalue weighted by Gasteiger charge is -2.36. The van der Waals surface area contributed by atoms with Crippen LogP contribution in [0.5, 0.6) is 0 Å². The summed E-state index contributed by atoms with van der Waals surface area (Å²) >= 11 is 0. The van der Waals surface area contributed by atoms with Crippen LogP contribution in [-0.4, -0.2) is 46.7 Å². The maximum Gasteiger partial charge on any atom is 0.334 e. The van der Waals surface area contributed by atoms with Crippen molar-refractivity contribution in [2.24, 2.45) is 11.8 Å². The molecule has 0 aromatic heterocycles. The molecule has 1 N–H and O–H groups in total. The molecular weight excluding hydrogens is 352 g/mol. The monoisotopic (exact) mass is 376 g/mol. The van der Waals surface area contributed by atoms with E-state index in [1.807, 2.05) is 13.8 Å². The van der Waals surface area contributed by atoms with Crippen LogP contribution in [0, 0.1) is 11.8 Å². The molecule has 7 heteroatoms. The van der Waals surface area contributed by atoms with Gasteiger partial charge in [-0.25, -0.2) is 4.79 Å². The Morgan fingerprint density at radius 1 is 1.41 bits per heavy atom. The third-order valence-corrected chi connectivity index (χ3v) is 5.21. The van der Waals surface area contributed by atoms with Crippen molar-refractivity contribution in [3.05, 3.63) is 35.6 Å². The first-order valence-corrected chi connectivity index (χ1v) is 8.96. The van der Waals surface area contributed by atoms with Gasteiger partial charge in [0.25, 0.3) is 0 Å². The Bertz CT molecular complexity index is 775. The van der Waals surface area contributed by atoms with Gasteiger partial charge < -0.3 is 19.3 Å². The molecule has 3 rings (SSSR count). The first-order valence-electron chi connectivity index (χ1n) is 8.96. The summed E-state index contributed by atoms with van der Waals surface area (Å²) in [6.07, 6.45) is -0.442. The Morgan fingerprint density at radius 3 is 2.70 bits per heavy atom. The van der Waals surface area contributed by atoms with Crippen LogP contribution in [0.15, 0.2) is 35.6 Å². The summed E-state index contributed by atoms with van der Waals surface area (Å²) in [5.74, 6) is -2.07. The van der Waals surface area contributed by atoms with E-state index in [0.29, 0.717) is 11.3 Å². The van der Waals surface area contributed by atoms with Crippen molar-refractivity contribution >= 4 is 17.7 Å². The second-order valence-corrected chi connectivity index (χ2v) is 7.85. The van der Waals surface area contributed by atoms with Gasteiger partial charge in [0.15, 0.2) is 5.60 Å². The summed E-state index contributed by atoms with van der Waals surface area (Å²) < 4.78 is 16.7. The highest BCUT2D eigenvalue weighted by Crippen LogP contribution is 2.42. The quantitative estimate of drug-likeness (QED) is 0.590. The highest BCUT2D eigenvalue weighted by molar-refractivity contribution is 6.00. The Hall–Kier alpha value is -2.41. The van der Waals surface area contributed by atoms with Gasteiger partial charge in [-0.2, -0.15) is 0 Å². The first-order chi connectivity index (χ1) is 12.5. The van der Waals surface area contributed by atoms with Crippen molar-refractivity contribution in [2.75, 3.05) is 0 Å². The molecule has 0 saturated carbocycles. The maximum absolute atomic E-state index is 12.5. The topological polar surface area (TPSA) is 99.1 Å². The molecule has 1 fully saturated rings. The third-order valence-electron chi connectivity index (χ3n) is 5.21. The van der Waals surface area contributed by atoms with E-state index in [1.54, 1.807) is 13.0 Å². The molecule has 5 atom stereocenters. The molecule has 3 aliphatic rings. The summed E-state index contributed by atoms with van der Waals surface area (Å²) in [5.41, 5.74) is -0.951. The fourth-order valence-corrected chi connectivity index (χ4v) is 3.61. The summed E-state index contributed by atoms with van der Waals surface area (Å²) in [4.78, 5) is 37.0. The van der Waals surface area contributed by atoms with Crippen LogP contribution in [-0.2, 0) is 28.6 Å². The normalized spacial score (nSPS) is 37.3. The molecule has 0 radical (unpaired) electrons. The van der Waals surface area contributed by atoms with E-state index in [0.717, 1.165) is 0 Å². The van der Waals surface area contributed by atoms with Gasteiger partial charge in [-0.05, 0) is 31.4 Å². The van der Waals surface area contributed by atoms with Gasteiger partial charge in [-0.1, -0.05) is 20.4 Å². The number of hydrogen-bond acceptors (Lipinski definition) is 7. The van der Waals surface area contributed by atoms with Crippen molar-refractivity contribution < 1.29 is 33.7 Å². The lowest BCUT2D eigenvalue weighted by Crippen LogP contribution is -2.55. The number of carbonyl (C=O) groups is 3. The standard InChI is InChI=1S/C20H24O7/c1-9(2)6-15(22)26-17-16-11(4)19(24)25-13(16)7-10(3)12-8-14(21)20(5,27-12)18(17)23/h7-9,13,16-18,23H,4,6H2,1-3,5H3/b10-7-/t13-,16-,17-,18+,20-/m0/s1. The zero-order chi connectivity index (χ0) is 20.1. The highest BCUT2D eigenvalue weighted by Gasteiger charge is 2.57. The minimum absolute atomic E-state index is 0.0433. The van der Waals surface area contributed by atoms with Gasteiger partial charge >= 0.3 is 11.9 Å².